The van der Waals surface area contributed by atoms with Crippen LogP contribution in [0.5, 0.6) is 5.75 Å². The minimum absolute atomic E-state index is 0.503. The maximum atomic E-state index is 5.91. The Morgan fingerprint density at radius 1 is 1.20 bits per heavy atom. The number of hydrogen-bond acceptors (Lipinski definition) is 3. The van der Waals surface area contributed by atoms with E-state index >= 15 is 0 Å². The highest BCUT2D eigenvalue weighted by Gasteiger charge is 2.07. The highest BCUT2D eigenvalue weighted by atomic mass is 35.5. The summed E-state index contributed by atoms with van der Waals surface area (Å²) in [5.74, 6) is 2.31. The zero-order chi connectivity index (χ0) is 14.5. The lowest BCUT2D eigenvalue weighted by Crippen LogP contribution is -2.18. The van der Waals surface area contributed by atoms with Crippen LogP contribution in [-0.2, 0) is 12.4 Å². The van der Waals surface area contributed by atoms with E-state index in [9.17, 15) is 0 Å². The minimum atomic E-state index is 0.503. The Hall–Kier alpha value is -1.74. The maximum Gasteiger partial charge on any atom is 0.129 e. The molecule has 1 aromatic heterocycles. The molecule has 0 saturated heterocycles. The number of pyridine rings is 1. The molecule has 0 aliphatic heterocycles. The fourth-order valence-corrected chi connectivity index (χ4v) is 2.27. The number of methoxy groups -OCH3 is 1. The third-order valence-electron chi connectivity index (χ3n) is 3.10. The van der Waals surface area contributed by atoms with E-state index in [0.29, 0.717) is 5.88 Å². The van der Waals surface area contributed by atoms with Crippen LogP contribution in [0.4, 0.5) is 5.82 Å². The predicted octanol–water partition coefficient (Wildman–Crippen LogP) is 3.77. The average molecular weight is 291 g/mol. The Balaban J connectivity index is 2.18. The van der Waals surface area contributed by atoms with Gasteiger partial charge in [-0.3, -0.25) is 0 Å². The summed E-state index contributed by atoms with van der Waals surface area (Å²) in [6.45, 7) is 2.76. The Morgan fingerprint density at radius 2 is 2.00 bits per heavy atom. The first-order valence-electron chi connectivity index (χ1n) is 6.50. The number of halogens is 1. The molecule has 0 bridgehead atoms. The van der Waals surface area contributed by atoms with E-state index in [0.717, 1.165) is 29.4 Å². The molecule has 0 aliphatic carbocycles. The number of nitrogens with zero attached hydrogens (tertiary/aromatic N) is 2. The summed E-state index contributed by atoms with van der Waals surface area (Å²) in [5.41, 5.74) is 3.25. The molecule has 0 N–H and O–H groups in total. The second-order valence-electron chi connectivity index (χ2n) is 4.82. The van der Waals surface area contributed by atoms with Gasteiger partial charge in [-0.1, -0.05) is 12.1 Å². The van der Waals surface area contributed by atoms with Crippen molar-refractivity contribution in [1.29, 1.82) is 0 Å². The monoisotopic (exact) mass is 290 g/mol. The van der Waals surface area contributed by atoms with Gasteiger partial charge in [0.2, 0.25) is 0 Å². The Labute approximate surface area is 125 Å². The zero-order valence-corrected chi connectivity index (χ0v) is 12.8. The fourth-order valence-electron chi connectivity index (χ4n) is 2.12. The fraction of sp³-hybridized carbons (Fsp3) is 0.312. The Kier molecular flexibility index (Phi) is 4.85. The Morgan fingerprint density at radius 3 is 2.70 bits per heavy atom. The number of aromatic nitrogens is 1. The van der Waals surface area contributed by atoms with Crippen molar-refractivity contribution in [3.05, 3.63) is 53.2 Å². The van der Waals surface area contributed by atoms with Gasteiger partial charge in [-0.15, -0.1) is 11.6 Å². The third-order valence-corrected chi connectivity index (χ3v) is 3.41. The van der Waals surface area contributed by atoms with Crippen molar-refractivity contribution in [2.75, 3.05) is 19.1 Å². The zero-order valence-electron chi connectivity index (χ0n) is 12.1. The summed E-state index contributed by atoms with van der Waals surface area (Å²) in [4.78, 5) is 6.67. The van der Waals surface area contributed by atoms with Crippen molar-refractivity contribution in [2.24, 2.45) is 0 Å². The molecule has 0 radical (unpaired) electrons. The van der Waals surface area contributed by atoms with Crippen molar-refractivity contribution < 1.29 is 4.74 Å². The van der Waals surface area contributed by atoms with Crippen molar-refractivity contribution >= 4 is 17.4 Å². The van der Waals surface area contributed by atoms with Crippen molar-refractivity contribution in [1.82, 2.24) is 4.98 Å². The first-order valence-corrected chi connectivity index (χ1v) is 7.03. The average Bonchev–Trinajstić information content (AvgIpc) is 2.46. The number of ether oxygens (including phenoxy) is 1. The van der Waals surface area contributed by atoms with Crippen molar-refractivity contribution in [3.8, 4) is 5.75 Å². The number of aryl methyl sites for hydroxylation is 1. The van der Waals surface area contributed by atoms with E-state index in [-0.39, 0.29) is 0 Å². The molecule has 0 atom stereocenters. The number of hydrogen-bond donors (Lipinski definition) is 0. The normalized spacial score (nSPS) is 10.4. The van der Waals surface area contributed by atoms with E-state index in [2.05, 4.69) is 16.0 Å². The molecule has 0 saturated carbocycles. The lowest BCUT2D eigenvalue weighted by atomic mass is 10.2. The number of benzene rings is 1. The van der Waals surface area contributed by atoms with E-state index in [1.807, 2.05) is 44.3 Å². The van der Waals surface area contributed by atoms with Crippen LogP contribution in [0.1, 0.15) is 16.8 Å². The van der Waals surface area contributed by atoms with Crippen LogP contribution >= 0.6 is 11.6 Å². The molecular weight excluding hydrogens is 272 g/mol. The van der Waals surface area contributed by atoms with Crippen LogP contribution in [0.3, 0.4) is 0 Å². The standard InChI is InChI=1S/C16H19ClN2O/c1-12-7-14(10-17)9-16(18-12)19(2)11-13-5-4-6-15(8-13)20-3/h4-9H,10-11H2,1-3H3. The molecule has 2 aromatic rings. The molecule has 0 unspecified atom stereocenters. The molecule has 0 amide bonds. The number of anilines is 1. The van der Waals surface area contributed by atoms with Gasteiger partial charge in [0.15, 0.2) is 0 Å². The summed E-state index contributed by atoms with van der Waals surface area (Å²) in [6, 6.07) is 12.1. The molecule has 4 heteroatoms. The summed E-state index contributed by atoms with van der Waals surface area (Å²) in [7, 11) is 3.71. The summed E-state index contributed by atoms with van der Waals surface area (Å²) in [5, 5.41) is 0. The molecule has 20 heavy (non-hydrogen) atoms. The quantitative estimate of drug-likeness (QED) is 0.784. The molecule has 1 aromatic carbocycles. The number of alkyl halides is 1. The van der Waals surface area contributed by atoms with E-state index in [1.54, 1.807) is 7.11 Å². The van der Waals surface area contributed by atoms with Gasteiger partial charge in [-0.25, -0.2) is 4.98 Å². The summed E-state index contributed by atoms with van der Waals surface area (Å²) in [6.07, 6.45) is 0. The maximum absolute atomic E-state index is 5.91. The first kappa shape index (κ1) is 14.7. The van der Waals surface area contributed by atoms with Gasteiger partial charge in [0.05, 0.1) is 7.11 Å². The third kappa shape index (κ3) is 3.64. The van der Waals surface area contributed by atoms with Gasteiger partial charge >= 0.3 is 0 Å². The van der Waals surface area contributed by atoms with Gasteiger partial charge < -0.3 is 9.64 Å². The first-order chi connectivity index (χ1) is 9.62. The van der Waals surface area contributed by atoms with Crippen LogP contribution in [0.15, 0.2) is 36.4 Å². The molecule has 0 spiro atoms. The minimum Gasteiger partial charge on any atom is -0.497 e. The number of rotatable bonds is 5. The lowest BCUT2D eigenvalue weighted by Gasteiger charge is -2.19. The smallest absolute Gasteiger partial charge is 0.129 e. The van der Waals surface area contributed by atoms with Gasteiger partial charge in [0.1, 0.15) is 11.6 Å². The van der Waals surface area contributed by atoms with E-state index < -0.39 is 0 Å². The van der Waals surface area contributed by atoms with Gasteiger partial charge in [0, 0.05) is 25.2 Å². The lowest BCUT2D eigenvalue weighted by molar-refractivity contribution is 0.414. The van der Waals surface area contributed by atoms with E-state index in [1.165, 1.54) is 5.56 Å². The topological polar surface area (TPSA) is 25.4 Å². The van der Waals surface area contributed by atoms with Gasteiger partial charge in [-0.05, 0) is 42.3 Å². The summed E-state index contributed by atoms with van der Waals surface area (Å²) >= 11 is 5.91. The van der Waals surface area contributed by atoms with E-state index in [4.69, 9.17) is 16.3 Å². The molecular formula is C16H19ClN2O. The highest BCUT2D eigenvalue weighted by Crippen LogP contribution is 2.19. The highest BCUT2D eigenvalue weighted by molar-refractivity contribution is 6.17. The van der Waals surface area contributed by atoms with Crippen molar-refractivity contribution in [2.45, 2.75) is 19.3 Å². The van der Waals surface area contributed by atoms with Gasteiger partial charge in [-0.2, -0.15) is 0 Å². The van der Waals surface area contributed by atoms with Crippen LogP contribution in [-0.4, -0.2) is 19.1 Å². The van der Waals surface area contributed by atoms with Crippen LogP contribution in [0.25, 0.3) is 0 Å². The van der Waals surface area contributed by atoms with Crippen LogP contribution in [0.2, 0.25) is 0 Å². The molecule has 106 valence electrons. The van der Waals surface area contributed by atoms with Crippen LogP contribution in [0, 0.1) is 6.92 Å². The molecule has 2 rings (SSSR count). The molecule has 3 nitrogen and oxygen atoms in total. The molecule has 0 fully saturated rings. The molecule has 1 heterocycles. The Bertz CT molecular complexity index is 586. The molecule has 0 aliphatic rings. The van der Waals surface area contributed by atoms with Crippen LogP contribution < -0.4 is 9.64 Å². The van der Waals surface area contributed by atoms with Crippen molar-refractivity contribution in [3.63, 3.8) is 0 Å². The van der Waals surface area contributed by atoms with Gasteiger partial charge in [0.25, 0.3) is 0 Å². The predicted molar refractivity (Wildman–Crippen MR) is 83.6 cm³/mol. The second kappa shape index (κ2) is 6.62. The summed E-state index contributed by atoms with van der Waals surface area (Å²) < 4.78 is 5.25. The SMILES string of the molecule is COc1cccc(CN(C)c2cc(CCl)cc(C)n2)c1. The second-order valence-corrected chi connectivity index (χ2v) is 5.08. The largest absolute Gasteiger partial charge is 0.497 e.